The van der Waals surface area contributed by atoms with Crippen molar-refractivity contribution in [2.75, 3.05) is 13.2 Å². The van der Waals surface area contributed by atoms with Crippen LogP contribution >= 0.6 is 23.7 Å². The first-order valence-electron chi connectivity index (χ1n) is 4.64. The summed E-state index contributed by atoms with van der Waals surface area (Å²) in [7, 11) is 0. The predicted molar refractivity (Wildman–Crippen MR) is 62.0 cm³/mol. The monoisotopic (exact) mass is 233 g/mol. The Morgan fingerprint density at radius 1 is 1.64 bits per heavy atom. The highest BCUT2D eigenvalue weighted by atomic mass is 35.5. The molecule has 2 rings (SSSR count). The Hall–Kier alpha value is -0.0900. The maximum absolute atomic E-state index is 5.82. The molecule has 1 N–H and O–H groups in total. The number of nitrogens with one attached hydrogen (secondary N) is 1. The van der Waals surface area contributed by atoms with Crippen molar-refractivity contribution >= 4 is 23.7 Å². The third-order valence-electron chi connectivity index (χ3n) is 2.44. The van der Waals surface area contributed by atoms with Crippen LogP contribution in [0.2, 0.25) is 0 Å². The molecule has 0 aromatic carbocycles. The Morgan fingerprint density at radius 2 is 2.43 bits per heavy atom. The van der Waals surface area contributed by atoms with E-state index in [2.05, 4.69) is 36.7 Å². The Morgan fingerprint density at radius 3 is 2.93 bits per heavy atom. The topological polar surface area (TPSA) is 21.3 Å². The normalized spacial score (nSPS) is 32.3. The van der Waals surface area contributed by atoms with Gasteiger partial charge in [0.2, 0.25) is 0 Å². The summed E-state index contributed by atoms with van der Waals surface area (Å²) < 4.78 is 5.82. The van der Waals surface area contributed by atoms with Gasteiger partial charge in [0.15, 0.2) is 5.72 Å². The smallest absolute Gasteiger partial charge is 0.151 e. The minimum absolute atomic E-state index is 0. The molecule has 0 amide bonds. The number of thiophene rings is 1. The summed E-state index contributed by atoms with van der Waals surface area (Å²) in [6.45, 7) is 6.18. The molecule has 1 aromatic rings. The molecule has 1 fully saturated rings. The van der Waals surface area contributed by atoms with Crippen LogP contribution < -0.4 is 5.32 Å². The van der Waals surface area contributed by atoms with E-state index in [-0.39, 0.29) is 18.1 Å². The molecule has 2 atom stereocenters. The molecule has 2 heterocycles. The quantitative estimate of drug-likeness (QED) is 0.805. The summed E-state index contributed by atoms with van der Waals surface area (Å²) in [5, 5.41) is 5.52. The van der Waals surface area contributed by atoms with E-state index in [1.54, 1.807) is 11.3 Å². The number of ether oxygens (including phenoxy) is 1. The second-order valence-electron chi connectivity index (χ2n) is 3.81. The van der Waals surface area contributed by atoms with E-state index < -0.39 is 0 Å². The molecule has 0 saturated carbocycles. The minimum atomic E-state index is -0.249. The van der Waals surface area contributed by atoms with Crippen LogP contribution in [0.1, 0.15) is 18.7 Å². The lowest BCUT2D eigenvalue weighted by Crippen LogP contribution is -2.49. The number of halogens is 1. The molecule has 0 radical (unpaired) electrons. The van der Waals surface area contributed by atoms with Crippen molar-refractivity contribution in [1.82, 2.24) is 5.32 Å². The van der Waals surface area contributed by atoms with Crippen LogP contribution in [0, 0.1) is 5.92 Å². The van der Waals surface area contributed by atoms with Crippen LogP contribution in [-0.2, 0) is 10.5 Å². The summed E-state index contributed by atoms with van der Waals surface area (Å²) in [6.07, 6.45) is 0. The van der Waals surface area contributed by atoms with Gasteiger partial charge in [0, 0.05) is 6.54 Å². The zero-order chi connectivity index (χ0) is 9.31. The summed E-state index contributed by atoms with van der Waals surface area (Å²) in [5.41, 5.74) is -0.249. The molecule has 1 saturated heterocycles. The third-order valence-corrected chi connectivity index (χ3v) is 3.51. The summed E-state index contributed by atoms with van der Waals surface area (Å²) in [4.78, 5) is 1.26. The Labute approximate surface area is 95.1 Å². The van der Waals surface area contributed by atoms with Crippen molar-refractivity contribution < 1.29 is 4.74 Å². The lowest BCUT2D eigenvalue weighted by Gasteiger charge is -2.37. The van der Waals surface area contributed by atoms with E-state index in [4.69, 9.17) is 4.74 Å². The van der Waals surface area contributed by atoms with E-state index in [1.165, 1.54) is 4.88 Å². The van der Waals surface area contributed by atoms with Crippen molar-refractivity contribution in [3.63, 3.8) is 0 Å². The van der Waals surface area contributed by atoms with Gasteiger partial charge in [0.25, 0.3) is 0 Å². The summed E-state index contributed by atoms with van der Waals surface area (Å²) in [5.74, 6) is 0.619. The van der Waals surface area contributed by atoms with Crippen molar-refractivity contribution in [2.45, 2.75) is 19.6 Å². The molecule has 1 aliphatic heterocycles. The highest BCUT2D eigenvalue weighted by molar-refractivity contribution is 7.10. The first-order valence-corrected chi connectivity index (χ1v) is 5.52. The Balaban J connectivity index is 0.000000980. The molecule has 1 aromatic heterocycles. The number of rotatable bonds is 1. The van der Waals surface area contributed by atoms with E-state index >= 15 is 0 Å². The molecule has 14 heavy (non-hydrogen) atoms. The van der Waals surface area contributed by atoms with Crippen LogP contribution in [0.15, 0.2) is 17.5 Å². The van der Waals surface area contributed by atoms with Crippen molar-refractivity contribution in [3.05, 3.63) is 22.4 Å². The van der Waals surface area contributed by atoms with Crippen LogP contribution in [0.25, 0.3) is 0 Å². The van der Waals surface area contributed by atoms with Gasteiger partial charge in [-0.15, -0.1) is 23.7 Å². The van der Waals surface area contributed by atoms with Crippen molar-refractivity contribution in [3.8, 4) is 0 Å². The summed E-state index contributed by atoms with van der Waals surface area (Å²) in [6, 6.07) is 4.18. The fraction of sp³-hybridized carbons (Fsp3) is 0.600. The first kappa shape index (κ1) is 12.0. The van der Waals surface area contributed by atoms with Gasteiger partial charge >= 0.3 is 0 Å². The molecule has 0 spiro atoms. The van der Waals surface area contributed by atoms with Crippen LogP contribution in [0.4, 0.5) is 0 Å². The van der Waals surface area contributed by atoms with Gasteiger partial charge < -0.3 is 4.74 Å². The van der Waals surface area contributed by atoms with Crippen LogP contribution in [-0.4, -0.2) is 13.2 Å². The van der Waals surface area contributed by atoms with Crippen LogP contribution in [0.3, 0.4) is 0 Å². The second kappa shape index (κ2) is 4.62. The fourth-order valence-electron chi connectivity index (χ4n) is 1.50. The first-order chi connectivity index (χ1) is 6.21. The second-order valence-corrected chi connectivity index (χ2v) is 4.76. The maximum atomic E-state index is 5.82. The lowest BCUT2D eigenvalue weighted by atomic mass is 10.1. The molecule has 0 bridgehead atoms. The molecule has 0 aliphatic carbocycles. The molecular formula is C10H16ClNOS. The number of hydrogen-bond acceptors (Lipinski definition) is 3. The van der Waals surface area contributed by atoms with Crippen molar-refractivity contribution in [2.24, 2.45) is 5.92 Å². The van der Waals surface area contributed by atoms with E-state index in [0.29, 0.717) is 5.92 Å². The fourth-order valence-corrected chi connectivity index (χ4v) is 2.31. The molecule has 4 heteroatoms. The molecule has 2 nitrogen and oxygen atoms in total. The predicted octanol–water partition coefficient (Wildman–Crippen LogP) is 2.60. The van der Waals surface area contributed by atoms with Gasteiger partial charge in [-0.3, -0.25) is 5.32 Å². The molecule has 80 valence electrons. The van der Waals surface area contributed by atoms with E-state index in [1.807, 2.05) is 0 Å². The Kier molecular flexibility index (Phi) is 3.95. The largest absolute Gasteiger partial charge is 0.355 e. The maximum Gasteiger partial charge on any atom is 0.151 e. The average Bonchev–Trinajstić information content (AvgIpc) is 2.63. The van der Waals surface area contributed by atoms with Crippen molar-refractivity contribution in [1.29, 1.82) is 0 Å². The average molecular weight is 234 g/mol. The van der Waals surface area contributed by atoms with Gasteiger partial charge in [-0.25, -0.2) is 0 Å². The lowest BCUT2D eigenvalue weighted by molar-refractivity contribution is -0.104. The highest BCUT2D eigenvalue weighted by Crippen LogP contribution is 2.29. The highest BCUT2D eigenvalue weighted by Gasteiger charge is 2.32. The van der Waals surface area contributed by atoms with Gasteiger partial charge in [0.05, 0.1) is 11.5 Å². The summed E-state index contributed by atoms with van der Waals surface area (Å²) >= 11 is 1.74. The zero-order valence-electron chi connectivity index (χ0n) is 8.45. The van der Waals surface area contributed by atoms with Gasteiger partial charge in [-0.1, -0.05) is 13.0 Å². The van der Waals surface area contributed by atoms with Gasteiger partial charge in [-0.05, 0) is 24.3 Å². The standard InChI is InChI=1S/C10H15NOS.ClH/c1-8-6-11-10(2,12-7-8)9-4-3-5-13-9;/h3-5,8,11H,6-7H2,1-2H3;1H. The SMILES string of the molecule is CC1CNC(C)(c2cccs2)OC1.Cl. The van der Waals surface area contributed by atoms with E-state index in [9.17, 15) is 0 Å². The third kappa shape index (κ3) is 2.28. The number of hydrogen-bond donors (Lipinski definition) is 1. The minimum Gasteiger partial charge on any atom is -0.355 e. The van der Waals surface area contributed by atoms with Gasteiger partial charge in [0.1, 0.15) is 0 Å². The van der Waals surface area contributed by atoms with E-state index in [0.717, 1.165) is 13.2 Å². The van der Waals surface area contributed by atoms with Crippen LogP contribution in [0.5, 0.6) is 0 Å². The molecule has 1 aliphatic rings. The zero-order valence-corrected chi connectivity index (χ0v) is 10.1. The molecular weight excluding hydrogens is 218 g/mol. The van der Waals surface area contributed by atoms with Gasteiger partial charge in [-0.2, -0.15) is 0 Å². The molecule has 2 unspecified atom stereocenters. The Bertz CT molecular complexity index is 268.